The third-order valence-corrected chi connectivity index (χ3v) is 4.16. The topological polar surface area (TPSA) is 36.9 Å². The van der Waals surface area contributed by atoms with E-state index in [1.54, 1.807) is 14.2 Å². The number of fused-ring (bicyclic) bond motifs is 5. The fourth-order valence-corrected chi connectivity index (χ4v) is 3.13. The van der Waals surface area contributed by atoms with Gasteiger partial charge in [0.15, 0.2) is 0 Å². The summed E-state index contributed by atoms with van der Waals surface area (Å²) in [5.74, 6) is 3.59. The van der Waals surface area contributed by atoms with E-state index in [1.165, 1.54) is 5.56 Å². The van der Waals surface area contributed by atoms with Crippen LogP contribution in [0.2, 0.25) is 0 Å². The predicted octanol–water partition coefficient (Wildman–Crippen LogP) is 2.99. The molecule has 2 heterocycles. The van der Waals surface area contributed by atoms with Crippen molar-refractivity contribution >= 4 is 0 Å². The van der Waals surface area contributed by atoms with Crippen LogP contribution in [0.3, 0.4) is 0 Å². The summed E-state index contributed by atoms with van der Waals surface area (Å²) in [5, 5.41) is 0. The molecule has 0 aliphatic carbocycles. The Labute approximate surface area is 123 Å². The highest BCUT2D eigenvalue weighted by Crippen LogP contribution is 2.49. The van der Waals surface area contributed by atoms with E-state index in [4.69, 9.17) is 18.9 Å². The molecule has 0 amide bonds. The molecule has 0 bridgehead atoms. The lowest BCUT2D eigenvalue weighted by atomic mass is 9.86. The average Bonchev–Trinajstić information content (AvgIpc) is 2.91. The Kier molecular flexibility index (Phi) is 2.70. The van der Waals surface area contributed by atoms with Crippen LogP contribution in [-0.2, 0) is 0 Å². The first kappa shape index (κ1) is 12.4. The molecular formula is C17H16O4. The van der Waals surface area contributed by atoms with Crippen LogP contribution in [0.4, 0.5) is 0 Å². The van der Waals surface area contributed by atoms with E-state index < -0.39 is 0 Å². The van der Waals surface area contributed by atoms with Gasteiger partial charge in [0.2, 0.25) is 0 Å². The normalized spacial score (nSPS) is 21.4. The van der Waals surface area contributed by atoms with Crippen LogP contribution in [0.5, 0.6) is 23.0 Å². The van der Waals surface area contributed by atoms with Gasteiger partial charge in [-0.05, 0) is 12.1 Å². The number of hydrogen-bond donors (Lipinski definition) is 0. The quantitative estimate of drug-likeness (QED) is 0.849. The Balaban J connectivity index is 1.80. The van der Waals surface area contributed by atoms with Crippen molar-refractivity contribution in [2.75, 3.05) is 20.8 Å². The molecule has 0 saturated heterocycles. The summed E-state index contributed by atoms with van der Waals surface area (Å²) in [4.78, 5) is 0. The van der Waals surface area contributed by atoms with Crippen LogP contribution >= 0.6 is 0 Å². The first-order valence-corrected chi connectivity index (χ1v) is 6.95. The molecule has 0 saturated carbocycles. The summed E-state index contributed by atoms with van der Waals surface area (Å²) in [6.45, 7) is 0.543. The largest absolute Gasteiger partial charge is 0.497 e. The SMILES string of the molecule is COc1ccc2c(c1)OCC1Oc3cc(OC)ccc3C21. The van der Waals surface area contributed by atoms with Crippen molar-refractivity contribution in [2.24, 2.45) is 0 Å². The molecule has 0 spiro atoms. The van der Waals surface area contributed by atoms with Gasteiger partial charge in [0.1, 0.15) is 35.7 Å². The van der Waals surface area contributed by atoms with Gasteiger partial charge in [-0.1, -0.05) is 12.1 Å². The second-order valence-corrected chi connectivity index (χ2v) is 5.25. The van der Waals surface area contributed by atoms with Crippen LogP contribution in [0.25, 0.3) is 0 Å². The van der Waals surface area contributed by atoms with Crippen molar-refractivity contribution in [1.82, 2.24) is 0 Å². The van der Waals surface area contributed by atoms with Gasteiger partial charge >= 0.3 is 0 Å². The maximum absolute atomic E-state index is 6.03. The van der Waals surface area contributed by atoms with Gasteiger partial charge < -0.3 is 18.9 Å². The van der Waals surface area contributed by atoms with E-state index in [-0.39, 0.29) is 12.0 Å². The summed E-state index contributed by atoms with van der Waals surface area (Å²) < 4.78 is 22.4. The van der Waals surface area contributed by atoms with Gasteiger partial charge in [-0.3, -0.25) is 0 Å². The second kappa shape index (κ2) is 4.58. The molecule has 4 nitrogen and oxygen atoms in total. The van der Waals surface area contributed by atoms with Crippen molar-refractivity contribution in [3.63, 3.8) is 0 Å². The van der Waals surface area contributed by atoms with Crippen LogP contribution < -0.4 is 18.9 Å². The van der Waals surface area contributed by atoms with Crippen molar-refractivity contribution < 1.29 is 18.9 Å². The van der Waals surface area contributed by atoms with Crippen molar-refractivity contribution in [1.29, 1.82) is 0 Å². The number of hydrogen-bond acceptors (Lipinski definition) is 4. The van der Waals surface area contributed by atoms with Crippen molar-refractivity contribution in [2.45, 2.75) is 12.0 Å². The molecule has 0 N–H and O–H groups in total. The van der Waals surface area contributed by atoms with E-state index in [0.717, 1.165) is 28.6 Å². The molecule has 0 radical (unpaired) electrons. The fraction of sp³-hybridized carbons (Fsp3) is 0.294. The van der Waals surface area contributed by atoms with E-state index in [1.807, 2.05) is 24.3 Å². The predicted molar refractivity (Wildman–Crippen MR) is 77.7 cm³/mol. The van der Waals surface area contributed by atoms with Gasteiger partial charge in [-0.15, -0.1) is 0 Å². The van der Waals surface area contributed by atoms with Gasteiger partial charge in [0.05, 0.1) is 20.1 Å². The van der Waals surface area contributed by atoms with Gasteiger partial charge in [-0.2, -0.15) is 0 Å². The summed E-state index contributed by atoms with van der Waals surface area (Å²) >= 11 is 0. The zero-order valence-corrected chi connectivity index (χ0v) is 12.0. The van der Waals surface area contributed by atoms with Gasteiger partial charge in [-0.25, -0.2) is 0 Å². The molecule has 4 heteroatoms. The lowest BCUT2D eigenvalue weighted by molar-refractivity contribution is 0.119. The minimum Gasteiger partial charge on any atom is -0.497 e. The van der Waals surface area contributed by atoms with E-state index in [2.05, 4.69) is 12.1 Å². The zero-order valence-electron chi connectivity index (χ0n) is 12.0. The Morgan fingerprint density at radius 3 is 2.19 bits per heavy atom. The minimum absolute atomic E-state index is 0.0213. The Bertz CT molecular complexity index is 695. The van der Waals surface area contributed by atoms with Crippen LogP contribution in [0.1, 0.15) is 17.0 Å². The Hall–Kier alpha value is -2.36. The number of benzene rings is 2. The standard InChI is InChI=1S/C17H16O4/c1-18-10-3-5-12-14(7-10)20-9-16-17(12)13-6-4-11(19-2)8-15(13)21-16/h3-8,16-17H,9H2,1-2H3. The lowest BCUT2D eigenvalue weighted by Crippen LogP contribution is -2.31. The van der Waals surface area contributed by atoms with E-state index >= 15 is 0 Å². The fourth-order valence-electron chi connectivity index (χ4n) is 3.13. The van der Waals surface area contributed by atoms with Crippen LogP contribution in [0.15, 0.2) is 36.4 Å². The van der Waals surface area contributed by atoms with Gasteiger partial charge in [0, 0.05) is 23.3 Å². The molecule has 2 aromatic rings. The maximum Gasteiger partial charge on any atom is 0.144 e. The molecule has 21 heavy (non-hydrogen) atoms. The third kappa shape index (κ3) is 1.82. The number of rotatable bonds is 2. The highest BCUT2D eigenvalue weighted by Gasteiger charge is 2.40. The van der Waals surface area contributed by atoms with E-state index in [0.29, 0.717) is 6.61 Å². The molecule has 0 aromatic heterocycles. The van der Waals surface area contributed by atoms with Gasteiger partial charge in [0.25, 0.3) is 0 Å². The van der Waals surface area contributed by atoms with Crippen LogP contribution in [0, 0.1) is 0 Å². The van der Waals surface area contributed by atoms with Crippen molar-refractivity contribution in [3.8, 4) is 23.0 Å². The highest BCUT2D eigenvalue weighted by molar-refractivity contribution is 5.55. The monoisotopic (exact) mass is 284 g/mol. The third-order valence-electron chi connectivity index (χ3n) is 4.16. The molecule has 2 atom stereocenters. The molecule has 108 valence electrons. The van der Waals surface area contributed by atoms with Crippen LogP contribution in [-0.4, -0.2) is 26.9 Å². The Morgan fingerprint density at radius 1 is 0.905 bits per heavy atom. The molecular weight excluding hydrogens is 268 g/mol. The lowest BCUT2D eigenvalue weighted by Gasteiger charge is -2.28. The molecule has 2 aromatic carbocycles. The minimum atomic E-state index is 0.0213. The first-order chi connectivity index (χ1) is 10.3. The highest BCUT2D eigenvalue weighted by atomic mass is 16.5. The number of ether oxygens (including phenoxy) is 4. The molecule has 2 unspecified atom stereocenters. The summed E-state index contributed by atoms with van der Waals surface area (Å²) in [6, 6.07) is 12.0. The molecule has 2 aliphatic heterocycles. The zero-order chi connectivity index (χ0) is 14.4. The molecule has 2 aliphatic rings. The molecule has 0 fully saturated rings. The van der Waals surface area contributed by atoms with Crippen molar-refractivity contribution in [3.05, 3.63) is 47.5 Å². The first-order valence-electron chi connectivity index (χ1n) is 6.95. The Morgan fingerprint density at radius 2 is 1.52 bits per heavy atom. The molecule has 4 rings (SSSR count). The summed E-state index contributed by atoms with van der Waals surface area (Å²) in [6.07, 6.45) is 0.0213. The average molecular weight is 284 g/mol. The summed E-state index contributed by atoms with van der Waals surface area (Å²) in [7, 11) is 3.32. The maximum atomic E-state index is 6.03. The summed E-state index contributed by atoms with van der Waals surface area (Å²) in [5.41, 5.74) is 2.34. The smallest absolute Gasteiger partial charge is 0.144 e. The van der Waals surface area contributed by atoms with E-state index in [9.17, 15) is 0 Å². The second-order valence-electron chi connectivity index (χ2n) is 5.25. The number of methoxy groups -OCH3 is 2.